The third-order valence-corrected chi connectivity index (χ3v) is 1.78. The van der Waals surface area contributed by atoms with Crippen molar-refractivity contribution in [1.29, 1.82) is 0 Å². The Hall–Kier alpha value is -1.69. The molecule has 0 heterocycles. The molecule has 0 aromatic heterocycles. The number of carboxylic acids is 1. The van der Waals surface area contributed by atoms with E-state index >= 15 is 0 Å². The maximum Gasteiger partial charge on any atom is 0.326 e. The molecule has 4 N–H and O–H groups in total. The van der Waals surface area contributed by atoms with Crippen molar-refractivity contribution >= 4 is 17.7 Å². The van der Waals surface area contributed by atoms with Crippen LogP contribution in [0.2, 0.25) is 0 Å². The lowest BCUT2D eigenvalue weighted by Crippen LogP contribution is -2.40. The summed E-state index contributed by atoms with van der Waals surface area (Å²) in [7, 11) is 0. The van der Waals surface area contributed by atoms with Crippen molar-refractivity contribution in [3.05, 3.63) is 12.2 Å². The van der Waals surface area contributed by atoms with Crippen molar-refractivity contribution in [3.8, 4) is 0 Å². The average molecular weight is 228 g/mol. The maximum absolute atomic E-state index is 11.2. The minimum atomic E-state index is -1.11. The maximum atomic E-state index is 11.2. The highest BCUT2D eigenvalue weighted by Crippen LogP contribution is 1.96. The Labute approximate surface area is 93.5 Å². The molecule has 90 valence electrons. The van der Waals surface area contributed by atoms with Crippen molar-refractivity contribution in [3.63, 3.8) is 0 Å². The molecule has 1 atom stereocenters. The first-order valence-corrected chi connectivity index (χ1v) is 4.89. The van der Waals surface area contributed by atoms with Crippen molar-refractivity contribution in [2.75, 3.05) is 6.54 Å². The van der Waals surface area contributed by atoms with Crippen LogP contribution in [0.25, 0.3) is 0 Å². The van der Waals surface area contributed by atoms with Gasteiger partial charge in [-0.05, 0) is 32.4 Å². The first kappa shape index (κ1) is 14.3. The highest BCUT2D eigenvalue weighted by atomic mass is 16.4. The van der Waals surface area contributed by atoms with E-state index in [1.165, 1.54) is 6.92 Å². The zero-order valence-corrected chi connectivity index (χ0v) is 9.10. The lowest BCUT2D eigenvalue weighted by molar-refractivity contribution is -0.141. The third kappa shape index (κ3) is 6.72. The molecule has 0 aromatic carbocycles. The van der Waals surface area contributed by atoms with Gasteiger partial charge in [0.1, 0.15) is 6.04 Å². The quantitative estimate of drug-likeness (QED) is 0.506. The molecule has 0 bridgehead atoms. The summed E-state index contributed by atoms with van der Waals surface area (Å²) >= 11 is 0. The van der Waals surface area contributed by atoms with E-state index in [4.69, 9.17) is 10.8 Å². The van der Waals surface area contributed by atoms with E-state index < -0.39 is 17.9 Å². The van der Waals surface area contributed by atoms with E-state index in [0.29, 0.717) is 13.0 Å². The second-order valence-electron chi connectivity index (χ2n) is 3.27. The molecule has 0 aliphatic carbocycles. The minimum absolute atomic E-state index is 0.269. The van der Waals surface area contributed by atoms with Crippen molar-refractivity contribution in [2.24, 2.45) is 5.73 Å². The van der Waals surface area contributed by atoms with Crippen LogP contribution < -0.4 is 11.1 Å². The topological polar surface area (TPSA) is 109 Å². The van der Waals surface area contributed by atoms with Crippen molar-refractivity contribution in [1.82, 2.24) is 5.32 Å². The lowest BCUT2D eigenvalue weighted by atomic mass is 10.1. The molecule has 6 nitrogen and oxygen atoms in total. The Balaban J connectivity index is 4.23. The number of amides is 1. The van der Waals surface area contributed by atoms with Crippen LogP contribution >= 0.6 is 0 Å². The molecule has 0 aromatic rings. The van der Waals surface area contributed by atoms with E-state index in [2.05, 4.69) is 5.32 Å². The largest absolute Gasteiger partial charge is 0.480 e. The second-order valence-corrected chi connectivity index (χ2v) is 3.27. The van der Waals surface area contributed by atoms with E-state index in [0.717, 1.165) is 12.2 Å². The van der Waals surface area contributed by atoms with Gasteiger partial charge in [-0.3, -0.25) is 9.59 Å². The molecule has 0 saturated heterocycles. The van der Waals surface area contributed by atoms with Gasteiger partial charge in [0.05, 0.1) is 0 Å². The summed E-state index contributed by atoms with van der Waals surface area (Å²) in [5, 5.41) is 11.1. The van der Waals surface area contributed by atoms with Crippen molar-refractivity contribution in [2.45, 2.75) is 25.8 Å². The zero-order chi connectivity index (χ0) is 12.6. The minimum Gasteiger partial charge on any atom is -0.480 e. The first-order valence-electron chi connectivity index (χ1n) is 4.89. The van der Waals surface area contributed by atoms with Gasteiger partial charge in [0.25, 0.3) is 0 Å². The van der Waals surface area contributed by atoms with Crippen LogP contribution in [0, 0.1) is 0 Å². The van der Waals surface area contributed by atoms with Crippen LogP contribution in [-0.2, 0) is 14.4 Å². The molecule has 1 amide bonds. The SMILES string of the molecule is CC(=O)/C=C/C(=O)N[C@H](CCCN)C(=O)O. The number of carboxylic acid groups (broad SMARTS) is 1. The summed E-state index contributed by atoms with van der Waals surface area (Å²) in [5.74, 6) is -1.98. The molecule has 0 spiro atoms. The number of carbonyl (C=O) groups excluding carboxylic acids is 2. The molecule has 0 radical (unpaired) electrons. The number of hydrogen-bond donors (Lipinski definition) is 3. The van der Waals surface area contributed by atoms with Gasteiger partial charge < -0.3 is 16.2 Å². The molecule has 0 fully saturated rings. The number of rotatable bonds is 7. The first-order chi connectivity index (χ1) is 7.47. The van der Waals surface area contributed by atoms with Gasteiger partial charge in [0.15, 0.2) is 5.78 Å². The third-order valence-electron chi connectivity index (χ3n) is 1.78. The Kier molecular flexibility index (Phi) is 6.78. The summed E-state index contributed by atoms with van der Waals surface area (Å²) in [4.78, 5) is 32.5. The van der Waals surface area contributed by atoms with Crippen LogP contribution in [0.15, 0.2) is 12.2 Å². The molecule has 0 rings (SSSR count). The zero-order valence-electron chi connectivity index (χ0n) is 9.10. The van der Waals surface area contributed by atoms with E-state index in [-0.39, 0.29) is 12.2 Å². The van der Waals surface area contributed by atoms with Crippen molar-refractivity contribution < 1.29 is 19.5 Å². The number of nitrogens with two attached hydrogens (primary N) is 1. The van der Waals surface area contributed by atoms with Gasteiger partial charge >= 0.3 is 5.97 Å². The molecule has 0 aliphatic rings. The predicted octanol–water partition coefficient (Wildman–Crippen LogP) is -0.560. The summed E-state index contributed by atoms with van der Waals surface area (Å²) in [5.41, 5.74) is 5.24. The molecular weight excluding hydrogens is 212 g/mol. The van der Waals surface area contributed by atoms with Crippen LogP contribution in [0.3, 0.4) is 0 Å². The molecular formula is C10H16N2O4. The van der Waals surface area contributed by atoms with E-state index in [1.54, 1.807) is 0 Å². The fraction of sp³-hybridized carbons (Fsp3) is 0.500. The lowest BCUT2D eigenvalue weighted by Gasteiger charge is -2.12. The van der Waals surface area contributed by atoms with Crippen LogP contribution in [-0.4, -0.2) is 35.4 Å². The van der Waals surface area contributed by atoms with Gasteiger partial charge in [0.2, 0.25) is 5.91 Å². The van der Waals surface area contributed by atoms with Gasteiger partial charge in [-0.15, -0.1) is 0 Å². The van der Waals surface area contributed by atoms with E-state index in [9.17, 15) is 14.4 Å². The molecule has 0 unspecified atom stereocenters. The Morgan fingerprint density at radius 3 is 2.44 bits per heavy atom. The normalized spacial score (nSPS) is 12.4. The molecule has 0 saturated carbocycles. The number of carbonyl (C=O) groups is 3. The number of allylic oxidation sites excluding steroid dienone is 1. The Morgan fingerprint density at radius 2 is 2.00 bits per heavy atom. The van der Waals surface area contributed by atoms with Gasteiger partial charge in [-0.25, -0.2) is 4.79 Å². The standard InChI is InChI=1S/C10H16N2O4/c1-7(13)4-5-9(14)12-8(10(15)16)3-2-6-11/h4-5,8H,2-3,6,11H2,1H3,(H,12,14)(H,15,16)/b5-4+/t8-/m1/s1. The summed E-state index contributed by atoms with van der Waals surface area (Å²) in [6, 6.07) is -0.965. The summed E-state index contributed by atoms with van der Waals surface area (Å²) in [6.07, 6.45) is 2.87. The fourth-order valence-corrected chi connectivity index (χ4v) is 0.992. The molecule has 0 aliphatic heterocycles. The highest BCUT2D eigenvalue weighted by molar-refractivity contribution is 5.97. The van der Waals surface area contributed by atoms with Gasteiger partial charge in [-0.2, -0.15) is 0 Å². The smallest absolute Gasteiger partial charge is 0.326 e. The van der Waals surface area contributed by atoms with Crippen LogP contribution in [0.5, 0.6) is 0 Å². The monoisotopic (exact) mass is 228 g/mol. The Morgan fingerprint density at radius 1 is 1.38 bits per heavy atom. The number of hydrogen-bond acceptors (Lipinski definition) is 4. The van der Waals surface area contributed by atoms with E-state index in [1.807, 2.05) is 0 Å². The Bertz CT molecular complexity index is 299. The molecule has 16 heavy (non-hydrogen) atoms. The second kappa shape index (κ2) is 7.58. The highest BCUT2D eigenvalue weighted by Gasteiger charge is 2.17. The van der Waals surface area contributed by atoms with Crippen LogP contribution in [0.4, 0.5) is 0 Å². The van der Waals surface area contributed by atoms with Crippen LogP contribution in [0.1, 0.15) is 19.8 Å². The van der Waals surface area contributed by atoms with Gasteiger partial charge in [0, 0.05) is 6.08 Å². The average Bonchev–Trinajstić information content (AvgIpc) is 2.20. The van der Waals surface area contributed by atoms with Gasteiger partial charge in [-0.1, -0.05) is 0 Å². The molecule has 6 heteroatoms. The number of aliphatic carboxylic acids is 1. The predicted molar refractivity (Wildman–Crippen MR) is 57.7 cm³/mol. The number of ketones is 1. The number of nitrogens with one attached hydrogen (secondary N) is 1. The fourth-order valence-electron chi connectivity index (χ4n) is 0.992. The summed E-state index contributed by atoms with van der Waals surface area (Å²) in [6.45, 7) is 1.66. The summed E-state index contributed by atoms with van der Waals surface area (Å²) < 4.78 is 0.